The van der Waals surface area contributed by atoms with Gasteiger partial charge in [-0.2, -0.15) is 0 Å². The van der Waals surface area contributed by atoms with Crippen molar-refractivity contribution in [2.75, 3.05) is 0 Å². The molecular weight excluding hydrogens is 363 g/mol. The molecule has 0 unspecified atom stereocenters. The van der Waals surface area contributed by atoms with Crippen LogP contribution in [-0.4, -0.2) is 6.71 Å². The number of benzene rings is 3. The first-order chi connectivity index (χ1) is 12.4. The molecule has 0 saturated heterocycles. The molecule has 0 aliphatic rings. The summed E-state index contributed by atoms with van der Waals surface area (Å²) in [6.07, 6.45) is 0. The summed E-state index contributed by atoms with van der Waals surface area (Å²) in [5, 5.41) is 0. The maximum atomic E-state index is 7.50. The van der Waals surface area contributed by atoms with E-state index in [4.69, 9.17) is 14.0 Å². The van der Waals surface area contributed by atoms with Gasteiger partial charge in [0.15, 0.2) is 0 Å². The summed E-state index contributed by atoms with van der Waals surface area (Å²) < 4.78 is 22.5. The van der Waals surface area contributed by atoms with E-state index < -0.39 is 0 Å². The maximum Gasteiger partial charge on any atom is 6.00 e. The first-order valence-corrected chi connectivity index (χ1v) is 7.21. The van der Waals surface area contributed by atoms with Gasteiger partial charge in [-0.3, -0.25) is 0 Å². The minimum Gasteiger partial charge on any atom is -0.0687 e. The Labute approximate surface area is 165 Å². The molecule has 0 atom stereocenters. The second-order valence-electron chi connectivity index (χ2n) is 4.67. The molecule has 0 aliphatic heterocycles. The Morgan fingerprint density at radius 3 is 0.808 bits per heavy atom. The molecule has 3 nitrogen and oxygen atoms in total. The molecule has 0 saturated carbocycles. The summed E-state index contributed by atoms with van der Waals surface area (Å²) >= 11 is 0. The summed E-state index contributed by atoms with van der Waals surface area (Å²) in [5.74, 6) is 0. The van der Waals surface area contributed by atoms with Crippen LogP contribution in [0.1, 0.15) is 0 Å². The molecule has 3 rings (SSSR count). The molecule has 0 aromatic heterocycles. The van der Waals surface area contributed by atoms with Gasteiger partial charge in [0.2, 0.25) is 6.71 Å². The molecule has 3 aromatic rings. The van der Waals surface area contributed by atoms with E-state index in [0.717, 1.165) is 0 Å². The molecule has 5 heteroatoms. The second-order valence-corrected chi connectivity index (χ2v) is 4.67. The van der Waals surface area contributed by atoms with Crippen LogP contribution in [0.15, 0.2) is 91.0 Å². The van der Waals surface area contributed by atoms with Crippen molar-refractivity contribution in [1.29, 1.82) is 0 Å². The summed E-state index contributed by atoms with van der Waals surface area (Å²) in [4.78, 5) is 0. The normalized spacial score (nSPS) is 7.62. The standard InChI is InChI=1S/C18H15B.3CO.Cr/c1-4-10-16(11-5-1)19(17-12-6-2-7-13-17)18-14-8-3-9-15-18;3*1-2;/h1-15H;;;;/q;;;;+6. The van der Waals surface area contributed by atoms with Crippen LogP contribution in [0.25, 0.3) is 0 Å². The third-order valence-corrected chi connectivity index (χ3v) is 3.40. The van der Waals surface area contributed by atoms with Gasteiger partial charge >= 0.3 is 51.3 Å². The van der Waals surface area contributed by atoms with Gasteiger partial charge in [-0.15, -0.1) is 0 Å². The van der Waals surface area contributed by atoms with Crippen molar-refractivity contribution in [3.63, 3.8) is 0 Å². The smallest absolute Gasteiger partial charge is 0.0687 e. The average Bonchev–Trinajstić information content (AvgIpc) is 2.75. The molecule has 0 bridgehead atoms. The zero-order valence-corrected chi connectivity index (χ0v) is 15.1. The third kappa shape index (κ3) is 8.04. The van der Waals surface area contributed by atoms with Crippen molar-refractivity contribution in [3.8, 4) is 0 Å². The molecule has 0 fully saturated rings. The van der Waals surface area contributed by atoms with Crippen LogP contribution >= 0.6 is 0 Å². The zero-order chi connectivity index (χ0) is 18.9. The Morgan fingerprint density at radius 2 is 0.615 bits per heavy atom. The topological polar surface area (TPSA) is 59.7 Å². The fraction of sp³-hybridized carbons (Fsp3) is 0. The Bertz CT molecular complexity index is 649. The number of rotatable bonds is 3. The van der Waals surface area contributed by atoms with Gasteiger partial charge in [0.1, 0.15) is 0 Å². The van der Waals surface area contributed by atoms with Gasteiger partial charge < -0.3 is 0 Å². The second kappa shape index (κ2) is 17.3. The largest absolute Gasteiger partial charge is 6.00 e. The van der Waals surface area contributed by atoms with E-state index in [0.29, 0.717) is 6.71 Å². The maximum absolute atomic E-state index is 7.50. The minimum absolute atomic E-state index is 0. The Hall–Kier alpha value is -2.52. The zero-order valence-electron chi connectivity index (χ0n) is 13.9. The van der Waals surface area contributed by atoms with Crippen LogP contribution in [0, 0.1) is 20.0 Å². The van der Waals surface area contributed by atoms with Gasteiger partial charge in [0.25, 0.3) is 0 Å². The van der Waals surface area contributed by atoms with Crippen molar-refractivity contribution in [3.05, 3.63) is 111 Å². The van der Waals surface area contributed by atoms with Gasteiger partial charge in [-0.1, -0.05) is 107 Å². The Morgan fingerprint density at radius 1 is 0.423 bits per heavy atom. The Balaban J connectivity index is 0. The predicted octanol–water partition coefficient (Wildman–Crippen LogP) is 2.09. The van der Waals surface area contributed by atoms with Crippen molar-refractivity contribution in [2.45, 2.75) is 0 Å². The minimum atomic E-state index is 0. The van der Waals surface area contributed by atoms with Gasteiger partial charge in [-0.25, -0.2) is 0 Å². The molecule has 0 aliphatic carbocycles. The van der Waals surface area contributed by atoms with E-state index in [2.05, 4.69) is 111 Å². The summed E-state index contributed by atoms with van der Waals surface area (Å²) in [7, 11) is 0. The summed E-state index contributed by atoms with van der Waals surface area (Å²) in [6.45, 7) is 13.8. The fourth-order valence-electron chi connectivity index (χ4n) is 2.51. The molecule has 0 radical (unpaired) electrons. The van der Waals surface area contributed by atoms with Crippen molar-refractivity contribution >= 4 is 23.1 Å². The quantitative estimate of drug-likeness (QED) is 0.381. The number of hydrogen-bond acceptors (Lipinski definition) is 0. The molecular formula is C21H15BCrO3+6. The molecule has 0 N–H and O–H groups in total. The molecule has 26 heavy (non-hydrogen) atoms. The summed E-state index contributed by atoms with van der Waals surface area (Å²) in [6, 6.07) is 32.0. The molecule has 0 amide bonds. The van der Waals surface area contributed by atoms with E-state index in [1.807, 2.05) is 0 Å². The SMILES string of the molecule is [C-]#[O+].[C-]#[O+].[C-]#[O+].[Cr+6].c1ccc(B(c2ccccc2)c2ccccc2)cc1. The van der Waals surface area contributed by atoms with Crippen LogP contribution in [0.2, 0.25) is 0 Å². The van der Waals surface area contributed by atoms with Crippen molar-refractivity contribution in [2.24, 2.45) is 0 Å². The molecule has 0 heterocycles. The third-order valence-electron chi connectivity index (χ3n) is 3.40. The van der Waals surface area contributed by atoms with Crippen LogP contribution in [-0.2, 0) is 31.3 Å². The van der Waals surface area contributed by atoms with Crippen molar-refractivity contribution in [1.82, 2.24) is 0 Å². The molecule has 120 valence electrons. The average molecular weight is 378 g/mol. The molecule has 3 aromatic carbocycles. The van der Waals surface area contributed by atoms with E-state index >= 15 is 0 Å². The fourth-order valence-corrected chi connectivity index (χ4v) is 2.51. The Kier molecular flexibility index (Phi) is 17.1. The van der Waals surface area contributed by atoms with E-state index in [-0.39, 0.29) is 17.4 Å². The predicted molar refractivity (Wildman–Crippen MR) is 95.8 cm³/mol. The summed E-state index contributed by atoms with van der Waals surface area (Å²) in [5.41, 5.74) is 4.00. The first kappa shape index (κ1) is 25.7. The first-order valence-electron chi connectivity index (χ1n) is 7.21. The monoisotopic (exact) mass is 378 g/mol. The van der Waals surface area contributed by atoms with Crippen LogP contribution in [0.3, 0.4) is 0 Å². The van der Waals surface area contributed by atoms with Gasteiger partial charge in [0, 0.05) is 0 Å². The van der Waals surface area contributed by atoms with Crippen LogP contribution in [0.4, 0.5) is 0 Å². The van der Waals surface area contributed by atoms with E-state index in [9.17, 15) is 0 Å². The van der Waals surface area contributed by atoms with Crippen LogP contribution in [0.5, 0.6) is 0 Å². The van der Waals surface area contributed by atoms with Gasteiger partial charge in [0.05, 0.1) is 0 Å². The molecule has 0 spiro atoms. The van der Waals surface area contributed by atoms with Crippen molar-refractivity contribution < 1.29 is 31.3 Å². The van der Waals surface area contributed by atoms with E-state index in [1.165, 1.54) is 16.4 Å². The van der Waals surface area contributed by atoms with Gasteiger partial charge in [-0.05, 0) is 0 Å². The van der Waals surface area contributed by atoms with E-state index in [1.54, 1.807) is 0 Å². The van der Waals surface area contributed by atoms with Crippen LogP contribution < -0.4 is 16.4 Å². The number of hydrogen-bond donors (Lipinski definition) is 0.